The lowest BCUT2D eigenvalue weighted by Gasteiger charge is -1.94. The van der Waals surface area contributed by atoms with Gasteiger partial charge in [0.25, 0.3) is 0 Å². The second-order valence-corrected chi connectivity index (χ2v) is 4.28. The van der Waals surface area contributed by atoms with Crippen LogP contribution in [-0.2, 0) is 13.0 Å². The first kappa shape index (κ1) is 13.2. The normalized spacial score (nSPS) is 11.0. The van der Waals surface area contributed by atoms with Crippen molar-refractivity contribution in [3.05, 3.63) is 52.4 Å². The number of benzene rings is 1. The number of aryl methyl sites for hydroxylation is 1. The number of aromatic nitrogens is 4. The molecule has 0 amide bonds. The Kier molecular flexibility index (Phi) is 3.35. The molecule has 0 saturated carbocycles. The van der Waals surface area contributed by atoms with Crippen molar-refractivity contribution < 1.29 is 13.2 Å². The average molecular weight is 290 g/mol. The van der Waals surface area contributed by atoms with E-state index in [1.165, 1.54) is 24.3 Å². The van der Waals surface area contributed by atoms with Crippen molar-refractivity contribution >= 4 is 0 Å². The maximum absolute atomic E-state index is 12.9. The summed E-state index contributed by atoms with van der Waals surface area (Å²) < 4.78 is 24.3. The highest BCUT2D eigenvalue weighted by atomic mass is 19.1. The second-order valence-electron chi connectivity index (χ2n) is 4.28. The predicted octanol–water partition coefficient (Wildman–Crippen LogP) is 1.64. The van der Waals surface area contributed by atoms with E-state index in [9.17, 15) is 9.18 Å². The minimum absolute atomic E-state index is 0.0243. The quantitative estimate of drug-likeness (QED) is 0.726. The van der Waals surface area contributed by atoms with Crippen molar-refractivity contribution in [3.63, 3.8) is 0 Å². The van der Waals surface area contributed by atoms with Crippen LogP contribution in [0.3, 0.4) is 0 Å². The fourth-order valence-corrected chi connectivity index (χ4v) is 1.74. The van der Waals surface area contributed by atoms with Crippen LogP contribution >= 0.6 is 0 Å². The Bertz CT molecular complexity index is 803. The van der Waals surface area contributed by atoms with Crippen LogP contribution in [0.5, 0.6) is 0 Å². The topological polar surface area (TPSA) is 87.0 Å². The molecule has 3 aromatic rings. The molecule has 21 heavy (non-hydrogen) atoms. The molecule has 0 aliphatic heterocycles. The average Bonchev–Trinajstić information content (AvgIpc) is 3.08. The maximum atomic E-state index is 12.9. The third-order valence-electron chi connectivity index (χ3n) is 2.79. The molecule has 0 fully saturated rings. The summed E-state index contributed by atoms with van der Waals surface area (Å²) in [7, 11) is 0. The number of halogens is 1. The fraction of sp³-hybridized carbons (Fsp3) is 0.231. The van der Waals surface area contributed by atoms with Gasteiger partial charge in [-0.3, -0.25) is 0 Å². The SMILES string of the molecule is CCc1nnc(Cn2nc(-c3ccc(F)cc3)oc2=O)o1. The lowest BCUT2D eigenvalue weighted by molar-refractivity contribution is 0.418. The lowest BCUT2D eigenvalue weighted by Crippen LogP contribution is -2.16. The van der Waals surface area contributed by atoms with Gasteiger partial charge in [0.2, 0.25) is 17.7 Å². The van der Waals surface area contributed by atoms with Crippen LogP contribution in [0.4, 0.5) is 4.39 Å². The molecule has 0 aliphatic rings. The largest absolute Gasteiger partial charge is 0.437 e. The molecule has 0 bridgehead atoms. The molecule has 1 aromatic carbocycles. The number of nitrogens with zero attached hydrogens (tertiary/aromatic N) is 4. The molecule has 108 valence electrons. The number of hydrogen-bond donors (Lipinski definition) is 0. The van der Waals surface area contributed by atoms with E-state index in [1.54, 1.807) is 0 Å². The van der Waals surface area contributed by atoms with E-state index in [4.69, 9.17) is 8.83 Å². The predicted molar refractivity (Wildman–Crippen MR) is 68.9 cm³/mol. The molecule has 0 radical (unpaired) electrons. The fourth-order valence-electron chi connectivity index (χ4n) is 1.74. The van der Waals surface area contributed by atoms with E-state index in [2.05, 4.69) is 15.3 Å². The van der Waals surface area contributed by atoms with E-state index in [0.29, 0.717) is 17.9 Å². The molecule has 0 spiro atoms. The summed E-state index contributed by atoms with van der Waals surface area (Å²) in [4.78, 5) is 11.7. The van der Waals surface area contributed by atoms with E-state index >= 15 is 0 Å². The van der Waals surface area contributed by atoms with Gasteiger partial charge in [0.1, 0.15) is 12.4 Å². The molecule has 0 aliphatic carbocycles. The van der Waals surface area contributed by atoms with Gasteiger partial charge in [-0.2, -0.15) is 4.68 Å². The van der Waals surface area contributed by atoms with Gasteiger partial charge in [0.05, 0.1) is 0 Å². The molecule has 0 saturated heterocycles. The lowest BCUT2D eigenvalue weighted by atomic mass is 10.2. The molecule has 2 heterocycles. The van der Waals surface area contributed by atoms with Gasteiger partial charge in [-0.15, -0.1) is 15.3 Å². The first-order chi connectivity index (χ1) is 10.2. The van der Waals surface area contributed by atoms with E-state index in [0.717, 1.165) is 4.68 Å². The third kappa shape index (κ3) is 2.73. The first-order valence-electron chi connectivity index (χ1n) is 6.31. The zero-order valence-corrected chi connectivity index (χ0v) is 11.1. The van der Waals surface area contributed by atoms with Gasteiger partial charge in [0.15, 0.2) is 0 Å². The standard InChI is InChI=1S/C13H11FN4O3/c1-2-10-15-16-11(20-10)7-18-13(19)21-12(17-18)8-3-5-9(14)6-4-8/h3-6H,2,7H2,1H3. The molecule has 8 heteroatoms. The summed E-state index contributed by atoms with van der Waals surface area (Å²) in [5.74, 6) is -0.160. The van der Waals surface area contributed by atoms with Gasteiger partial charge >= 0.3 is 5.76 Å². The Labute approximate surface area is 118 Å². The Morgan fingerprint density at radius 1 is 1.14 bits per heavy atom. The maximum Gasteiger partial charge on any atom is 0.437 e. The van der Waals surface area contributed by atoms with E-state index in [-0.39, 0.29) is 24.1 Å². The van der Waals surface area contributed by atoms with Crippen LogP contribution in [0.25, 0.3) is 11.5 Å². The Morgan fingerprint density at radius 2 is 1.86 bits per heavy atom. The zero-order chi connectivity index (χ0) is 14.8. The molecule has 7 nitrogen and oxygen atoms in total. The van der Waals surface area contributed by atoms with Crippen molar-refractivity contribution in [1.29, 1.82) is 0 Å². The summed E-state index contributed by atoms with van der Waals surface area (Å²) in [6.45, 7) is 1.91. The molecule has 0 N–H and O–H groups in total. The monoisotopic (exact) mass is 290 g/mol. The highest BCUT2D eigenvalue weighted by Gasteiger charge is 2.13. The van der Waals surface area contributed by atoms with Crippen LogP contribution in [0.2, 0.25) is 0 Å². The summed E-state index contributed by atoms with van der Waals surface area (Å²) in [6, 6.07) is 5.49. The van der Waals surface area contributed by atoms with Crippen LogP contribution < -0.4 is 5.76 Å². The van der Waals surface area contributed by atoms with Crippen molar-refractivity contribution in [3.8, 4) is 11.5 Å². The molecule has 0 unspecified atom stereocenters. The van der Waals surface area contributed by atoms with E-state index in [1.807, 2.05) is 6.92 Å². The second kappa shape index (κ2) is 5.31. The Hall–Kier alpha value is -2.77. The summed E-state index contributed by atoms with van der Waals surface area (Å²) in [5, 5.41) is 11.6. The highest BCUT2D eigenvalue weighted by Crippen LogP contribution is 2.15. The molecular weight excluding hydrogens is 279 g/mol. The van der Waals surface area contributed by atoms with Crippen LogP contribution in [0.15, 0.2) is 37.9 Å². The third-order valence-corrected chi connectivity index (χ3v) is 2.79. The summed E-state index contributed by atoms with van der Waals surface area (Å²) in [6.07, 6.45) is 0.613. The van der Waals surface area contributed by atoms with Crippen molar-refractivity contribution in [2.45, 2.75) is 19.9 Å². The van der Waals surface area contributed by atoms with E-state index < -0.39 is 5.76 Å². The first-order valence-corrected chi connectivity index (χ1v) is 6.31. The highest BCUT2D eigenvalue weighted by molar-refractivity contribution is 5.51. The van der Waals surface area contributed by atoms with Gasteiger partial charge in [-0.05, 0) is 24.3 Å². The van der Waals surface area contributed by atoms with Gasteiger partial charge in [-0.25, -0.2) is 9.18 Å². The van der Waals surface area contributed by atoms with Gasteiger partial charge < -0.3 is 8.83 Å². The minimum Gasteiger partial charge on any atom is -0.423 e. The van der Waals surface area contributed by atoms with Crippen molar-refractivity contribution in [1.82, 2.24) is 20.0 Å². The number of hydrogen-bond acceptors (Lipinski definition) is 6. The van der Waals surface area contributed by atoms with Gasteiger partial charge in [-0.1, -0.05) is 6.92 Å². The molecule has 2 aromatic heterocycles. The van der Waals surface area contributed by atoms with Crippen LogP contribution in [-0.4, -0.2) is 20.0 Å². The zero-order valence-electron chi connectivity index (χ0n) is 11.1. The summed E-state index contributed by atoms with van der Waals surface area (Å²) in [5.41, 5.74) is 0.507. The van der Waals surface area contributed by atoms with Gasteiger partial charge in [0, 0.05) is 12.0 Å². The Balaban J connectivity index is 1.87. The molecule has 0 atom stereocenters. The minimum atomic E-state index is -0.648. The number of rotatable bonds is 4. The van der Waals surface area contributed by atoms with Crippen molar-refractivity contribution in [2.24, 2.45) is 0 Å². The summed E-state index contributed by atoms with van der Waals surface area (Å²) >= 11 is 0. The Morgan fingerprint density at radius 3 is 2.52 bits per heavy atom. The molecule has 3 rings (SSSR count). The van der Waals surface area contributed by atoms with Crippen molar-refractivity contribution in [2.75, 3.05) is 0 Å². The van der Waals surface area contributed by atoms with Crippen LogP contribution in [0, 0.1) is 5.82 Å². The smallest absolute Gasteiger partial charge is 0.423 e. The molecular formula is C13H11FN4O3. The van der Waals surface area contributed by atoms with Crippen LogP contribution in [0.1, 0.15) is 18.7 Å².